The fraction of sp³-hybridized carbons (Fsp3) is 0.364. The van der Waals surface area contributed by atoms with Crippen molar-refractivity contribution in [1.82, 2.24) is 5.32 Å². The Morgan fingerprint density at radius 2 is 2.06 bits per heavy atom. The summed E-state index contributed by atoms with van der Waals surface area (Å²) in [6, 6.07) is 3.26. The first-order valence-electron chi connectivity index (χ1n) is 4.93. The molecule has 6 heteroatoms. The Hall–Kier alpha value is -0.840. The van der Waals surface area contributed by atoms with Crippen LogP contribution in [0.3, 0.4) is 0 Å². The maximum atomic E-state index is 13.5. The fourth-order valence-electron chi connectivity index (χ4n) is 1.34. The van der Waals surface area contributed by atoms with E-state index < -0.39 is 17.9 Å². The highest BCUT2D eigenvalue weighted by Gasteiger charge is 2.18. The number of nitrogens with two attached hydrogens (primary N) is 1. The van der Waals surface area contributed by atoms with Crippen molar-refractivity contribution >= 4 is 29.9 Å². The van der Waals surface area contributed by atoms with Crippen LogP contribution in [0.5, 0.6) is 0 Å². The van der Waals surface area contributed by atoms with Gasteiger partial charge in [-0.05, 0) is 26.0 Å². The summed E-state index contributed by atoms with van der Waals surface area (Å²) in [5.74, 6) is -0.781. The summed E-state index contributed by atoms with van der Waals surface area (Å²) in [5.41, 5.74) is 5.68. The van der Waals surface area contributed by atoms with Gasteiger partial charge in [-0.3, -0.25) is 4.79 Å². The van der Waals surface area contributed by atoms with Gasteiger partial charge in [0, 0.05) is 10.6 Å². The number of rotatable bonds is 3. The average Bonchev–Trinajstić information content (AvgIpc) is 2.16. The minimum absolute atomic E-state index is 0. The topological polar surface area (TPSA) is 55.1 Å². The van der Waals surface area contributed by atoms with Crippen molar-refractivity contribution in [1.29, 1.82) is 0 Å². The lowest BCUT2D eigenvalue weighted by atomic mass is 10.1. The van der Waals surface area contributed by atoms with Crippen LogP contribution in [0.25, 0.3) is 0 Å². The zero-order valence-electron chi connectivity index (χ0n) is 9.54. The first kappa shape index (κ1) is 16.2. The van der Waals surface area contributed by atoms with Crippen molar-refractivity contribution in [3.05, 3.63) is 34.6 Å². The fourth-order valence-corrected chi connectivity index (χ4v) is 1.67. The minimum Gasteiger partial charge on any atom is -0.348 e. The molecule has 0 aliphatic carbocycles. The molecule has 0 saturated carbocycles. The molecular weight excluding hydrogens is 266 g/mol. The molecule has 96 valence electrons. The van der Waals surface area contributed by atoms with Gasteiger partial charge in [-0.2, -0.15) is 0 Å². The predicted octanol–water partition coefficient (Wildman–Crippen LogP) is 2.43. The number of hydrogen-bond donors (Lipinski definition) is 2. The molecule has 0 aromatic heterocycles. The molecule has 0 spiro atoms. The molecule has 1 aromatic carbocycles. The zero-order valence-corrected chi connectivity index (χ0v) is 11.1. The second-order valence-electron chi connectivity index (χ2n) is 3.65. The van der Waals surface area contributed by atoms with Crippen molar-refractivity contribution in [2.24, 2.45) is 5.73 Å². The molecule has 0 aliphatic rings. The number of amides is 1. The van der Waals surface area contributed by atoms with Gasteiger partial charge in [0.2, 0.25) is 5.91 Å². The van der Waals surface area contributed by atoms with Crippen molar-refractivity contribution in [2.45, 2.75) is 25.9 Å². The van der Waals surface area contributed by atoms with Gasteiger partial charge in [-0.25, -0.2) is 4.39 Å². The third-order valence-electron chi connectivity index (χ3n) is 2.21. The van der Waals surface area contributed by atoms with Gasteiger partial charge in [-0.1, -0.05) is 17.7 Å². The summed E-state index contributed by atoms with van der Waals surface area (Å²) < 4.78 is 13.5. The highest BCUT2D eigenvalue weighted by atomic mass is 35.5. The van der Waals surface area contributed by atoms with E-state index in [0.29, 0.717) is 0 Å². The third-order valence-corrected chi connectivity index (χ3v) is 2.53. The Kier molecular flexibility index (Phi) is 6.45. The molecule has 0 saturated heterocycles. The number of nitrogens with one attached hydrogen (secondary N) is 1. The zero-order chi connectivity index (χ0) is 12.3. The van der Waals surface area contributed by atoms with Gasteiger partial charge in [-0.15, -0.1) is 12.4 Å². The molecule has 3 N–H and O–H groups in total. The summed E-state index contributed by atoms with van der Waals surface area (Å²) in [4.78, 5) is 11.3. The van der Waals surface area contributed by atoms with Crippen molar-refractivity contribution < 1.29 is 9.18 Å². The molecule has 1 unspecified atom stereocenters. The van der Waals surface area contributed by atoms with Crippen LogP contribution in [-0.4, -0.2) is 11.9 Å². The lowest BCUT2D eigenvalue weighted by molar-refractivity contribution is -0.122. The van der Waals surface area contributed by atoms with Crippen LogP contribution < -0.4 is 11.1 Å². The molecule has 0 bridgehead atoms. The highest BCUT2D eigenvalue weighted by molar-refractivity contribution is 6.31. The molecule has 0 radical (unpaired) electrons. The van der Waals surface area contributed by atoms with Crippen LogP contribution in [0.4, 0.5) is 4.39 Å². The summed E-state index contributed by atoms with van der Waals surface area (Å²) >= 11 is 5.86. The van der Waals surface area contributed by atoms with Gasteiger partial charge in [0.25, 0.3) is 0 Å². The molecule has 0 heterocycles. The second-order valence-corrected chi connectivity index (χ2v) is 4.06. The van der Waals surface area contributed by atoms with E-state index in [9.17, 15) is 9.18 Å². The van der Waals surface area contributed by atoms with Gasteiger partial charge in [0.15, 0.2) is 0 Å². The molecule has 1 rings (SSSR count). The van der Waals surface area contributed by atoms with E-state index in [1.54, 1.807) is 19.9 Å². The van der Waals surface area contributed by atoms with Crippen LogP contribution in [-0.2, 0) is 4.79 Å². The van der Waals surface area contributed by atoms with Crippen LogP contribution in [0.15, 0.2) is 18.2 Å². The van der Waals surface area contributed by atoms with E-state index in [1.165, 1.54) is 12.1 Å². The first-order chi connectivity index (χ1) is 7.43. The van der Waals surface area contributed by atoms with Crippen LogP contribution in [0.2, 0.25) is 5.02 Å². The maximum Gasteiger partial charge on any atom is 0.237 e. The summed E-state index contributed by atoms with van der Waals surface area (Å²) in [7, 11) is 0. The maximum absolute atomic E-state index is 13.5. The van der Waals surface area contributed by atoms with E-state index in [1.807, 2.05) is 0 Å². The highest BCUT2D eigenvalue weighted by Crippen LogP contribution is 2.25. The number of halogens is 3. The monoisotopic (exact) mass is 280 g/mol. The van der Waals surface area contributed by atoms with E-state index in [2.05, 4.69) is 5.32 Å². The average molecular weight is 281 g/mol. The molecular formula is C11H15Cl2FN2O. The van der Waals surface area contributed by atoms with Gasteiger partial charge in [0.05, 0.1) is 12.1 Å². The van der Waals surface area contributed by atoms with Crippen LogP contribution in [0, 0.1) is 5.82 Å². The van der Waals surface area contributed by atoms with Crippen LogP contribution >= 0.6 is 24.0 Å². The largest absolute Gasteiger partial charge is 0.348 e. The lowest BCUT2D eigenvalue weighted by Gasteiger charge is -2.17. The Labute approximate surface area is 111 Å². The van der Waals surface area contributed by atoms with Crippen molar-refractivity contribution in [3.63, 3.8) is 0 Å². The molecule has 0 aliphatic heterocycles. The predicted molar refractivity (Wildman–Crippen MR) is 68.9 cm³/mol. The first-order valence-corrected chi connectivity index (χ1v) is 5.31. The van der Waals surface area contributed by atoms with Gasteiger partial charge in [0.1, 0.15) is 5.82 Å². The van der Waals surface area contributed by atoms with E-state index in [-0.39, 0.29) is 28.9 Å². The Bertz CT molecular complexity index is 379. The molecule has 2 atom stereocenters. The molecule has 3 nitrogen and oxygen atoms in total. The third kappa shape index (κ3) is 4.15. The Balaban J connectivity index is 0.00000256. The summed E-state index contributed by atoms with van der Waals surface area (Å²) in [5, 5.41) is 2.88. The quantitative estimate of drug-likeness (QED) is 0.894. The number of carbonyl (C=O) groups excluding carboxylic acids is 1. The SMILES string of the molecule is CC(NC(=O)[C@@H](C)N)c1c(F)cccc1Cl.Cl. The van der Waals surface area contributed by atoms with E-state index >= 15 is 0 Å². The smallest absolute Gasteiger partial charge is 0.237 e. The Morgan fingerprint density at radius 1 is 1.47 bits per heavy atom. The van der Waals surface area contributed by atoms with E-state index in [0.717, 1.165) is 0 Å². The van der Waals surface area contributed by atoms with Crippen molar-refractivity contribution in [2.75, 3.05) is 0 Å². The second kappa shape index (κ2) is 6.79. The van der Waals surface area contributed by atoms with E-state index in [4.69, 9.17) is 17.3 Å². The lowest BCUT2D eigenvalue weighted by Crippen LogP contribution is -2.39. The molecule has 0 fully saturated rings. The molecule has 17 heavy (non-hydrogen) atoms. The van der Waals surface area contributed by atoms with Crippen molar-refractivity contribution in [3.8, 4) is 0 Å². The standard InChI is InChI=1S/C11H14ClFN2O.ClH/c1-6(14)11(16)15-7(2)10-8(12)4-3-5-9(10)13;/h3-7H,14H2,1-2H3,(H,15,16);1H/t6-,7?;/m1./s1. The summed E-state index contributed by atoms with van der Waals surface area (Å²) in [6.07, 6.45) is 0. The van der Waals surface area contributed by atoms with Gasteiger partial charge < -0.3 is 11.1 Å². The summed E-state index contributed by atoms with van der Waals surface area (Å²) in [6.45, 7) is 3.22. The normalized spacial score (nSPS) is 13.5. The minimum atomic E-state index is -0.631. The number of hydrogen-bond acceptors (Lipinski definition) is 2. The number of carbonyl (C=O) groups is 1. The number of benzene rings is 1. The molecule has 1 amide bonds. The molecule has 1 aromatic rings. The Morgan fingerprint density at radius 3 is 2.53 bits per heavy atom. The van der Waals surface area contributed by atoms with Crippen LogP contribution in [0.1, 0.15) is 25.5 Å². The van der Waals surface area contributed by atoms with Gasteiger partial charge >= 0.3 is 0 Å².